The topological polar surface area (TPSA) is 38.7 Å². The maximum absolute atomic E-state index is 5.74. The van der Waals surface area contributed by atoms with Gasteiger partial charge in [0.2, 0.25) is 0 Å². The predicted octanol–water partition coefficient (Wildman–Crippen LogP) is 2.10. The molecule has 3 nitrogen and oxygen atoms in total. The summed E-state index contributed by atoms with van der Waals surface area (Å²) in [7, 11) is 0. The minimum atomic E-state index is 0. The zero-order chi connectivity index (χ0) is 7.68. The van der Waals surface area contributed by atoms with Crippen LogP contribution in [0.1, 0.15) is 0 Å². The van der Waals surface area contributed by atoms with E-state index >= 15 is 0 Å². The van der Waals surface area contributed by atoms with Crippen molar-refractivity contribution in [3.63, 3.8) is 0 Å². The molecule has 0 radical (unpaired) electrons. The Hall–Kier alpha value is -0.930. The highest BCUT2D eigenvalue weighted by atomic mass is 35.5. The van der Waals surface area contributed by atoms with Crippen molar-refractivity contribution in [2.45, 2.75) is 0 Å². The van der Waals surface area contributed by atoms with Gasteiger partial charge in [-0.1, -0.05) is 11.6 Å². The largest absolute Gasteiger partial charge is 0.251 e. The first kappa shape index (κ1) is 9.16. The standard InChI is InChI=1S/C7H4ClN3.ClH/c8-7-6-5(10-4-11-7)2-1-3-9-6;/h1-4H;1H. The average Bonchev–Trinajstić information content (AvgIpc) is 2.06. The molecule has 0 saturated heterocycles. The third-order valence-corrected chi connectivity index (χ3v) is 1.63. The maximum atomic E-state index is 5.74. The van der Waals surface area contributed by atoms with Crippen LogP contribution >= 0.6 is 24.0 Å². The number of hydrogen-bond donors (Lipinski definition) is 0. The number of fused-ring (bicyclic) bond motifs is 1. The van der Waals surface area contributed by atoms with Crippen molar-refractivity contribution in [2.75, 3.05) is 0 Å². The molecule has 2 aromatic heterocycles. The zero-order valence-electron chi connectivity index (χ0n) is 5.94. The van der Waals surface area contributed by atoms with Gasteiger partial charge in [-0.2, -0.15) is 0 Å². The molecule has 0 N–H and O–H groups in total. The lowest BCUT2D eigenvalue weighted by atomic mass is 10.4. The minimum absolute atomic E-state index is 0. The minimum Gasteiger partial charge on any atom is -0.251 e. The van der Waals surface area contributed by atoms with Gasteiger partial charge < -0.3 is 0 Å². The van der Waals surface area contributed by atoms with Gasteiger partial charge in [0.25, 0.3) is 0 Å². The number of halogens is 2. The highest BCUT2D eigenvalue weighted by Crippen LogP contribution is 2.14. The Morgan fingerprint density at radius 3 is 2.75 bits per heavy atom. The second-order valence-electron chi connectivity index (χ2n) is 2.04. The fourth-order valence-corrected chi connectivity index (χ4v) is 1.05. The Morgan fingerprint density at radius 1 is 1.17 bits per heavy atom. The van der Waals surface area contributed by atoms with Gasteiger partial charge in [-0.15, -0.1) is 12.4 Å². The predicted molar refractivity (Wildman–Crippen MR) is 49.6 cm³/mol. The number of pyridine rings is 1. The summed E-state index contributed by atoms with van der Waals surface area (Å²) in [5.74, 6) is 0. The van der Waals surface area contributed by atoms with Crippen LogP contribution in [0.5, 0.6) is 0 Å². The Morgan fingerprint density at radius 2 is 2.00 bits per heavy atom. The summed E-state index contributed by atoms with van der Waals surface area (Å²) < 4.78 is 0. The normalized spacial score (nSPS) is 9.42. The number of rotatable bonds is 0. The van der Waals surface area contributed by atoms with Gasteiger partial charge >= 0.3 is 0 Å². The monoisotopic (exact) mass is 201 g/mol. The molecule has 0 saturated carbocycles. The highest BCUT2D eigenvalue weighted by molar-refractivity contribution is 6.33. The van der Waals surface area contributed by atoms with E-state index < -0.39 is 0 Å². The molecular formula is C7H5Cl2N3. The third kappa shape index (κ3) is 1.47. The molecule has 0 bridgehead atoms. The van der Waals surface area contributed by atoms with E-state index in [-0.39, 0.29) is 12.4 Å². The lowest BCUT2D eigenvalue weighted by Gasteiger charge is -1.94. The van der Waals surface area contributed by atoms with Crippen molar-refractivity contribution in [2.24, 2.45) is 0 Å². The lowest BCUT2D eigenvalue weighted by Crippen LogP contribution is -1.85. The van der Waals surface area contributed by atoms with Crippen LogP contribution in [0, 0.1) is 0 Å². The van der Waals surface area contributed by atoms with Crippen molar-refractivity contribution in [1.29, 1.82) is 0 Å². The average molecular weight is 202 g/mol. The van der Waals surface area contributed by atoms with E-state index in [0.29, 0.717) is 10.7 Å². The molecule has 0 atom stereocenters. The smallest absolute Gasteiger partial charge is 0.158 e. The fraction of sp³-hybridized carbons (Fsp3) is 0. The van der Waals surface area contributed by atoms with Gasteiger partial charge in [0.15, 0.2) is 5.15 Å². The summed E-state index contributed by atoms with van der Waals surface area (Å²) in [6, 6.07) is 3.65. The second-order valence-corrected chi connectivity index (χ2v) is 2.39. The summed E-state index contributed by atoms with van der Waals surface area (Å²) >= 11 is 5.74. The van der Waals surface area contributed by atoms with Crippen LogP contribution in [0.25, 0.3) is 11.0 Å². The third-order valence-electron chi connectivity index (χ3n) is 1.35. The van der Waals surface area contributed by atoms with E-state index in [4.69, 9.17) is 11.6 Å². The van der Waals surface area contributed by atoms with Gasteiger partial charge in [-0.25, -0.2) is 9.97 Å². The molecule has 0 unspecified atom stereocenters. The van der Waals surface area contributed by atoms with Gasteiger partial charge in [0.1, 0.15) is 11.8 Å². The number of hydrogen-bond acceptors (Lipinski definition) is 3. The molecule has 0 amide bonds. The second kappa shape index (κ2) is 3.65. The number of aromatic nitrogens is 3. The van der Waals surface area contributed by atoms with Crippen LogP contribution in [0.2, 0.25) is 5.15 Å². The molecular weight excluding hydrogens is 197 g/mol. The van der Waals surface area contributed by atoms with Crippen molar-refractivity contribution in [3.05, 3.63) is 29.8 Å². The summed E-state index contributed by atoms with van der Waals surface area (Å²) in [5.41, 5.74) is 1.42. The van der Waals surface area contributed by atoms with Gasteiger partial charge in [-0.3, -0.25) is 4.98 Å². The Balaban J connectivity index is 0.000000720. The van der Waals surface area contributed by atoms with Crippen LogP contribution in [0.4, 0.5) is 0 Å². The summed E-state index contributed by atoms with van der Waals surface area (Å²) in [6.45, 7) is 0. The SMILES string of the molecule is Cl.Clc1ncnc2cccnc12. The van der Waals surface area contributed by atoms with Crippen molar-refractivity contribution >= 4 is 35.0 Å². The first-order valence-electron chi connectivity index (χ1n) is 3.09. The molecule has 0 aliphatic heterocycles. The summed E-state index contributed by atoms with van der Waals surface area (Å²) in [4.78, 5) is 11.8. The molecule has 2 heterocycles. The first-order valence-corrected chi connectivity index (χ1v) is 3.47. The van der Waals surface area contributed by atoms with E-state index in [1.807, 2.05) is 12.1 Å². The first-order chi connectivity index (χ1) is 5.38. The maximum Gasteiger partial charge on any atom is 0.158 e. The van der Waals surface area contributed by atoms with E-state index in [1.165, 1.54) is 6.33 Å². The van der Waals surface area contributed by atoms with Crippen LogP contribution in [-0.4, -0.2) is 15.0 Å². The van der Waals surface area contributed by atoms with E-state index in [9.17, 15) is 0 Å². The molecule has 0 aromatic carbocycles. The quantitative estimate of drug-likeness (QED) is 0.614. The van der Waals surface area contributed by atoms with Gasteiger partial charge in [0, 0.05) is 6.20 Å². The molecule has 0 spiro atoms. The van der Waals surface area contributed by atoms with Gasteiger partial charge in [0.05, 0.1) is 5.52 Å². The molecule has 0 fully saturated rings. The fourth-order valence-electron chi connectivity index (χ4n) is 0.863. The zero-order valence-corrected chi connectivity index (χ0v) is 7.51. The molecule has 62 valence electrons. The van der Waals surface area contributed by atoms with Crippen LogP contribution in [-0.2, 0) is 0 Å². The van der Waals surface area contributed by atoms with E-state index in [1.54, 1.807) is 6.20 Å². The Kier molecular flexibility index (Phi) is 2.78. The number of nitrogens with zero attached hydrogens (tertiary/aromatic N) is 3. The molecule has 0 aliphatic carbocycles. The summed E-state index contributed by atoms with van der Waals surface area (Å²) in [6.07, 6.45) is 3.09. The molecule has 2 aromatic rings. The van der Waals surface area contributed by atoms with Crippen molar-refractivity contribution in [1.82, 2.24) is 15.0 Å². The van der Waals surface area contributed by atoms with E-state index in [2.05, 4.69) is 15.0 Å². The van der Waals surface area contributed by atoms with Gasteiger partial charge in [-0.05, 0) is 12.1 Å². The van der Waals surface area contributed by atoms with Crippen LogP contribution in [0.15, 0.2) is 24.7 Å². The Bertz CT molecular complexity index is 386. The molecule has 5 heteroatoms. The van der Waals surface area contributed by atoms with Crippen LogP contribution in [0.3, 0.4) is 0 Å². The molecule has 12 heavy (non-hydrogen) atoms. The Labute approximate surface area is 80.2 Å². The summed E-state index contributed by atoms with van der Waals surface area (Å²) in [5, 5.41) is 0.399. The van der Waals surface area contributed by atoms with Crippen molar-refractivity contribution in [3.8, 4) is 0 Å². The highest BCUT2D eigenvalue weighted by Gasteiger charge is 1.98. The lowest BCUT2D eigenvalue weighted by molar-refractivity contribution is 1.20. The van der Waals surface area contributed by atoms with Crippen molar-refractivity contribution < 1.29 is 0 Å². The van der Waals surface area contributed by atoms with E-state index in [0.717, 1.165) is 5.52 Å². The molecule has 2 rings (SSSR count). The van der Waals surface area contributed by atoms with Crippen LogP contribution < -0.4 is 0 Å². The molecule has 0 aliphatic rings.